The standard InChI is InChI=1S/C11H11BrN2OS/c1-6-4-9(12)5-13-10(6)16-11-14-7(2)8(3)15-11/h4-5H,1-3H3. The Bertz CT molecular complexity index is 505. The van der Waals surface area contributed by atoms with E-state index in [0.717, 1.165) is 26.5 Å². The van der Waals surface area contributed by atoms with Gasteiger partial charge in [-0.15, -0.1) is 0 Å². The van der Waals surface area contributed by atoms with Crippen LogP contribution < -0.4 is 0 Å². The first-order valence-electron chi connectivity index (χ1n) is 4.80. The fourth-order valence-electron chi connectivity index (χ4n) is 1.20. The van der Waals surface area contributed by atoms with Crippen LogP contribution in [-0.4, -0.2) is 9.97 Å². The molecule has 16 heavy (non-hydrogen) atoms. The average molecular weight is 299 g/mol. The summed E-state index contributed by atoms with van der Waals surface area (Å²) in [5.41, 5.74) is 2.03. The van der Waals surface area contributed by atoms with Crippen LogP contribution in [0.3, 0.4) is 0 Å². The molecular formula is C11H11BrN2OS. The Balaban J connectivity index is 2.27. The third kappa shape index (κ3) is 2.47. The van der Waals surface area contributed by atoms with E-state index in [0.29, 0.717) is 5.22 Å². The average Bonchev–Trinajstić information content (AvgIpc) is 2.51. The minimum atomic E-state index is 0.646. The summed E-state index contributed by atoms with van der Waals surface area (Å²) in [5, 5.41) is 1.57. The van der Waals surface area contributed by atoms with Gasteiger partial charge in [-0.25, -0.2) is 9.97 Å². The van der Waals surface area contributed by atoms with E-state index in [1.165, 1.54) is 11.8 Å². The van der Waals surface area contributed by atoms with Crippen molar-refractivity contribution < 1.29 is 4.42 Å². The molecule has 2 aromatic heterocycles. The number of hydrogen-bond donors (Lipinski definition) is 0. The summed E-state index contributed by atoms with van der Waals surface area (Å²) in [6.45, 7) is 5.86. The van der Waals surface area contributed by atoms with Crippen LogP contribution in [0.2, 0.25) is 0 Å². The van der Waals surface area contributed by atoms with Gasteiger partial charge in [0.1, 0.15) is 10.8 Å². The molecule has 0 aliphatic heterocycles. The van der Waals surface area contributed by atoms with E-state index in [9.17, 15) is 0 Å². The van der Waals surface area contributed by atoms with Crippen LogP contribution in [0.5, 0.6) is 0 Å². The zero-order valence-corrected chi connectivity index (χ0v) is 11.6. The lowest BCUT2D eigenvalue weighted by Crippen LogP contribution is -1.85. The smallest absolute Gasteiger partial charge is 0.262 e. The van der Waals surface area contributed by atoms with Crippen LogP contribution in [0.25, 0.3) is 0 Å². The Morgan fingerprint density at radius 2 is 2.06 bits per heavy atom. The molecule has 0 atom stereocenters. The Hall–Kier alpha value is -0.810. The third-order valence-corrected chi connectivity index (χ3v) is 3.59. The molecule has 0 N–H and O–H groups in total. The number of oxazole rings is 1. The number of rotatable bonds is 2. The predicted molar refractivity (Wildman–Crippen MR) is 66.8 cm³/mol. The second-order valence-corrected chi connectivity index (χ2v) is 5.35. The second kappa shape index (κ2) is 4.59. The first kappa shape index (κ1) is 11.7. The van der Waals surface area contributed by atoms with E-state index in [1.807, 2.05) is 26.8 Å². The summed E-state index contributed by atoms with van der Waals surface area (Å²) in [7, 11) is 0. The SMILES string of the molecule is Cc1cc(Br)cnc1Sc1nc(C)c(C)o1. The second-order valence-electron chi connectivity index (χ2n) is 3.50. The molecule has 0 bridgehead atoms. The van der Waals surface area contributed by atoms with Crippen LogP contribution in [0.15, 0.2) is 31.4 Å². The molecule has 0 aliphatic rings. The van der Waals surface area contributed by atoms with Crippen molar-refractivity contribution in [2.75, 3.05) is 0 Å². The van der Waals surface area contributed by atoms with Gasteiger partial charge >= 0.3 is 0 Å². The van der Waals surface area contributed by atoms with Crippen molar-refractivity contribution in [2.24, 2.45) is 0 Å². The Labute approximate surface area is 107 Å². The fourth-order valence-corrected chi connectivity index (χ4v) is 2.49. The van der Waals surface area contributed by atoms with E-state index in [2.05, 4.69) is 25.9 Å². The van der Waals surface area contributed by atoms with Crippen LogP contribution in [0, 0.1) is 20.8 Å². The third-order valence-electron chi connectivity index (χ3n) is 2.19. The quantitative estimate of drug-likeness (QED) is 0.843. The molecule has 0 aliphatic carbocycles. The van der Waals surface area contributed by atoms with Crippen LogP contribution in [-0.2, 0) is 0 Å². The number of hydrogen-bond acceptors (Lipinski definition) is 4. The van der Waals surface area contributed by atoms with E-state index < -0.39 is 0 Å². The van der Waals surface area contributed by atoms with E-state index >= 15 is 0 Å². The molecule has 0 fully saturated rings. The Kier molecular flexibility index (Phi) is 3.35. The van der Waals surface area contributed by atoms with Gasteiger partial charge in [-0.3, -0.25) is 0 Å². The van der Waals surface area contributed by atoms with Gasteiger partial charge in [-0.05, 0) is 60.1 Å². The zero-order chi connectivity index (χ0) is 11.7. The molecular weight excluding hydrogens is 288 g/mol. The summed E-state index contributed by atoms with van der Waals surface area (Å²) in [6.07, 6.45) is 1.78. The molecule has 5 heteroatoms. The molecule has 0 unspecified atom stereocenters. The molecule has 0 aromatic carbocycles. The molecule has 84 valence electrons. The summed E-state index contributed by atoms with van der Waals surface area (Å²) in [5.74, 6) is 0.859. The van der Waals surface area contributed by atoms with Crippen molar-refractivity contribution in [2.45, 2.75) is 31.0 Å². The largest absolute Gasteiger partial charge is 0.436 e. The van der Waals surface area contributed by atoms with Crippen LogP contribution in [0.4, 0.5) is 0 Å². The van der Waals surface area contributed by atoms with Crippen molar-refractivity contribution in [3.63, 3.8) is 0 Å². The van der Waals surface area contributed by atoms with Crippen molar-refractivity contribution in [3.8, 4) is 0 Å². The highest BCUT2D eigenvalue weighted by Gasteiger charge is 2.10. The monoisotopic (exact) mass is 298 g/mol. The molecule has 0 saturated heterocycles. The molecule has 3 nitrogen and oxygen atoms in total. The van der Waals surface area contributed by atoms with Gasteiger partial charge in [-0.2, -0.15) is 0 Å². The summed E-state index contributed by atoms with van der Waals surface area (Å²) in [6, 6.07) is 2.03. The van der Waals surface area contributed by atoms with E-state index in [4.69, 9.17) is 4.42 Å². The lowest BCUT2D eigenvalue weighted by Gasteiger charge is -2.01. The van der Waals surface area contributed by atoms with Gasteiger partial charge in [0.05, 0.1) is 5.69 Å². The van der Waals surface area contributed by atoms with E-state index in [1.54, 1.807) is 6.20 Å². The molecule has 2 heterocycles. The van der Waals surface area contributed by atoms with Crippen LogP contribution >= 0.6 is 27.7 Å². The summed E-state index contributed by atoms with van der Waals surface area (Å²) in [4.78, 5) is 8.64. The van der Waals surface area contributed by atoms with E-state index in [-0.39, 0.29) is 0 Å². The number of aromatic nitrogens is 2. The van der Waals surface area contributed by atoms with Crippen LogP contribution in [0.1, 0.15) is 17.0 Å². The van der Waals surface area contributed by atoms with Crippen molar-refractivity contribution >= 4 is 27.7 Å². The molecule has 2 aromatic rings. The maximum atomic E-state index is 5.50. The minimum absolute atomic E-state index is 0.646. The first-order chi connectivity index (χ1) is 7.56. The maximum absolute atomic E-state index is 5.50. The van der Waals surface area contributed by atoms with Gasteiger partial charge < -0.3 is 4.42 Å². The minimum Gasteiger partial charge on any atom is -0.436 e. The number of pyridine rings is 1. The highest BCUT2D eigenvalue weighted by atomic mass is 79.9. The number of halogens is 1. The van der Waals surface area contributed by atoms with Crippen molar-refractivity contribution in [1.82, 2.24) is 9.97 Å². The molecule has 0 saturated carbocycles. The predicted octanol–water partition coefficient (Wildman–Crippen LogP) is 3.91. The van der Waals surface area contributed by atoms with Gasteiger partial charge in [0.25, 0.3) is 5.22 Å². The molecule has 0 amide bonds. The van der Waals surface area contributed by atoms with Gasteiger partial charge in [0.2, 0.25) is 0 Å². The Morgan fingerprint density at radius 1 is 1.31 bits per heavy atom. The Morgan fingerprint density at radius 3 is 2.62 bits per heavy atom. The fraction of sp³-hybridized carbons (Fsp3) is 0.273. The number of nitrogens with zero attached hydrogens (tertiary/aromatic N) is 2. The highest BCUT2D eigenvalue weighted by molar-refractivity contribution is 9.10. The lowest BCUT2D eigenvalue weighted by molar-refractivity contribution is 0.431. The number of aryl methyl sites for hydroxylation is 3. The maximum Gasteiger partial charge on any atom is 0.262 e. The van der Waals surface area contributed by atoms with Crippen molar-refractivity contribution in [3.05, 3.63) is 33.8 Å². The normalized spacial score (nSPS) is 10.8. The first-order valence-corrected chi connectivity index (χ1v) is 6.41. The highest BCUT2D eigenvalue weighted by Crippen LogP contribution is 2.30. The molecule has 0 spiro atoms. The summed E-state index contributed by atoms with van der Waals surface area (Å²) >= 11 is 4.83. The van der Waals surface area contributed by atoms with Crippen molar-refractivity contribution in [1.29, 1.82) is 0 Å². The molecule has 0 radical (unpaired) electrons. The van der Waals surface area contributed by atoms with Gasteiger partial charge in [0, 0.05) is 10.7 Å². The van der Waals surface area contributed by atoms with Gasteiger partial charge in [0.15, 0.2) is 0 Å². The summed E-state index contributed by atoms with van der Waals surface area (Å²) < 4.78 is 6.48. The van der Waals surface area contributed by atoms with Gasteiger partial charge in [-0.1, -0.05) is 0 Å². The molecule has 2 rings (SSSR count). The topological polar surface area (TPSA) is 38.9 Å². The zero-order valence-electron chi connectivity index (χ0n) is 9.24. The lowest BCUT2D eigenvalue weighted by atomic mass is 10.3.